The molecule has 1 aliphatic rings. The summed E-state index contributed by atoms with van der Waals surface area (Å²) in [6.07, 6.45) is 0. The number of thiazole rings is 1. The van der Waals surface area contributed by atoms with Gasteiger partial charge in [-0.15, -0.1) is 11.3 Å². The van der Waals surface area contributed by atoms with E-state index in [2.05, 4.69) is 10.3 Å². The molecule has 23 heavy (non-hydrogen) atoms. The van der Waals surface area contributed by atoms with Crippen LogP contribution >= 0.6 is 11.3 Å². The lowest BCUT2D eigenvalue weighted by molar-refractivity contribution is 0.0624. The van der Waals surface area contributed by atoms with Gasteiger partial charge in [-0.25, -0.2) is 4.98 Å². The quantitative estimate of drug-likeness (QED) is 0.786. The first-order valence-electron chi connectivity index (χ1n) is 7.70. The van der Waals surface area contributed by atoms with E-state index in [1.807, 2.05) is 42.2 Å². The fourth-order valence-corrected chi connectivity index (χ4v) is 3.76. The van der Waals surface area contributed by atoms with Gasteiger partial charge in [0.15, 0.2) is 16.5 Å². The molecule has 1 aromatic carbocycles. The number of nitrogens with zero attached hydrogens (tertiary/aromatic N) is 2. The fraction of sp³-hybridized carbons (Fsp3) is 0.294. The second-order valence-corrected chi connectivity index (χ2v) is 6.73. The number of fused-ring (bicyclic) bond motifs is 1. The van der Waals surface area contributed by atoms with Gasteiger partial charge in [0.1, 0.15) is 0 Å². The Bertz CT molecular complexity index is 821. The van der Waals surface area contributed by atoms with E-state index >= 15 is 0 Å². The molecule has 4 rings (SSSR count). The summed E-state index contributed by atoms with van der Waals surface area (Å²) in [5.74, 6) is 0.983. The average Bonchev–Trinajstić information content (AvgIpc) is 3.21. The van der Waals surface area contributed by atoms with Crippen molar-refractivity contribution in [2.75, 3.05) is 19.6 Å². The Kier molecular flexibility index (Phi) is 3.63. The van der Waals surface area contributed by atoms with E-state index in [1.54, 1.807) is 17.4 Å². The molecule has 1 amide bonds. The molecule has 0 saturated carbocycles. The first-order valence-corrected chi connectivity index (χ1v) is 8.51. The highest BCUT2D eigenvalue weighted by Crippen LogP contribution is 2.31. The Morgan fingerprint density at radius 2 is 2.22 bits per heavy atom. The van der Waals surface area contributed by atoms with Gasteiger partial charge in [0.2, 0.25) is 0 Å². The van der Waals surface area contributed by atoms with Crippen molar-refractivity contribution in [1.82, 2.24) is 15.2 Å². The van der Waals surface area contributed by atoms with Crippen molar-refractivity contribution in [3.8, 4) is 10.8 Å². The fourth-order valence-electron chi connectivity index (χ4n) is 2.83. The third kappa shape index (κ3) is 2.64. The molecule has 118 valence electrons. The van der Waals surface area contributed by atoms with Gasteiger partial charge >= 0.3 is 0 Å². The van der Waals surface area contributed by atoms with Crippen LogP contribution in [0.2, 0.25) is 0 Å². The minimum absolute atomic E-state index is 0.0497. The van der Waals surface area contributed by atoms with E-state index in [0.29, 0.717) is 18.1 Å². The Labute approximate surface area is 137 Å². The smallest absolute Gasteiger partial charge is 0.289 e. The SMILES string of the molecule is CC1CNCCN1C(=O)c1ccc(-c2nc3ccccc3s2)o1. The minimum atomic E-state index is -0.0497. The van der Waals surface area contributed by atoms with Crippen LogP contribution in [0.25, 0.3) is 21.0 Å². The van der Waals surface area contributed by atoms with E-state index in [4.69, 9.17) is 4.42 Å². The topological polar surface area (TPSA) is 58.4 Å². The van der Waals surface area contributed by atoms with Crippen molar-refractivity contribution < 1.29 is 9.21 Å². The van der Waals surface area contributed by atoms with Gasteiger partial charge < -0.3 is 14.6 Å². The predicted octanol–water partition coefficient (Wildman–Crippen LogP) is 2.99. The predicted molar refractivity (Wildman–Crippen MR) is 90.7 cm³/mol. The number of aromatic nitrogens is 1. The van der Waals surface area contributed by atoms with E-state index < -0.39 is 0 Å². The number of hydrogen-bond acceptors (Lipinski definition) is 5. The Hall–Kier alpha value is -2.18. The molecule has 0 radical (unpaired) electrons. The Balaban J connectivity index is 1.62. The summed E-state index contributed by atoms with van der Waals surface area (Å²) >= 11 is 1.57. The Morgan fingerprint density at radius 3 is 3.04 bits per heavy atom. The number of amides is 1. The maximum Gasteiger partial charge on any atom is 0.289 e. The summed E-state index contributed by atoms with van der Waals surface area (Å²) in [5, 5.41) is 4.09. The summed E-state index contributed by atoms with van der Waals surface area (Å²) in [6, 6.07) is 11.7. The molecule has 5 nitrogen and oxygen atoms in total. The minimum Gasteiger partial charge on any atom is -0.448 e. The Morgan fingerprint density at radius 1 is 1.35 bits per heavy atom. The molecule has 1 fully saturated rings. The number of rotatable bonds is 2. The third-order valence-corrected chi connectivity index (χ3v) is 5.13. The van der Waals surface area contributed by atoms with Crippen molar-refractivity contribution in [3.05, 3.63) is 42.2 Å². The molecule has 1 atom stereocenters. The van der Waals surface area contributed by atoms with Gasteiger partial charge in [-0.1, -0.05) is 12.1 Å². The molecule has 1 aliphatic heterocycles. The molecule has 3 heterocycles. The zero-order chi connectivity index (χ0) is 15.8. The molecule has 0 aliphatic carbocycles. The molecule has 0 spiro atoms. The maximum absolute atomic E-state index is 12.6. The molecule has 6 heteroatoms. The van der Waals surface area contributed by atoms with Crippen LogP contribution in [-0.2, 0) is 0 Å². The average molecular weight is 327 g/mol. The number of benzene rings is 1. The van der Waals surface area contributed by atoms with E-state index in [-0.39, 0.29) is 11.9 Å². The van der Waals surface area contributed by atoms with Gasteiger partial charge in [0.05, 0.1) is 10.2 Å². The van der Waals surface area contributed by atoms with Crippen LogP contribution in [0.15, 0.2) is 40.8 Å². The van der Waals surface area contributed by atoms with Gasteiger partial charge in [-0.2, -0.15) is 0 Å². The molecule has 2 aromatic heterocycles. The highest BCUT2D eigenvalue weighted by Gasteiger charge is 2.26. The monoisotopic (exact) mass is 327 g/mol. The van der Waals surface area contributed by atoms with Gasteiger partial charge in [-0.05, 0) is 31.2 Å². The lowest BCUT2D eigenvalue weighted by Gasteiger charge is -2.33. The van der Waals surface area contributed by atoms with Crippen molar-refractivity contribution in [2.45, 2.75) is 13.0 Å². The van der Waals surface area contributed by atoms with Gasteiger partial charge in [0.25, 0.3) is 5.91 Å². The van der Waals surface area contributed by atoms with Gasteiger partial charge in [-0.3, -0.25) is 4.79 Å². The normalized spacial score (nSPS) is 18.5. The van der Waals surface area contributed by atoms with Crippen LogP contribution in [-0.4, -0.2) is 41.5 Å². The second kappa shape index (κ2) is 5.79. The van der Waals surface area contributed by atoms with Crippen LogP contribution < -0.4 is 5.32 Å². The first kappa shape index (κ1) is 14.4. The van der Waals surface area contributed by atoms with E-state index in [0.717, 1.165) is 28.3 Å². The third-order valence-electron chi connectivity index (χ3n) is 4.08. The first-order chi connectivity index (χ1) is 11.2. The number of nitrogens with one attached hydrogen (secondary N) is 1. The molecule has 0 bridgehead atoms. The molecular weight excluding hydrogens is 310 g/mol. The van der Waals surface area contributed by atoms with E-state index in [1.165, 1.54) is 0 Å². The zero-order valence-corrected chi connectivity index (χ0v) is 13.6. The van der Waals surface area contributed by atoms with Crippen LogP contribution in [0.4, 0.5) is 0 Å². The highest BCUT2D eigenvalue weighted by atomic mass is 32.1. The molecular formula is C17H17N3O2S. The molecule has 1 N–H and O–H groups in total. The van der Waals surface area contributed by atoms with Crippen LogP contribution in [0.3, 0.4) is 0 Å². The summed E-state index contributed by atoms with van der Waals surface area (Å²) in [7, 11) is 0. The van der Waals surface area contributed by atoms with Gasteiger partial charge in [0, 0.05) is 25.7 Å². The summed E-state index contributed by atoms with van der Waals surface area (Å²) in [6.45, 7) is 4.39. The lowest BCUT2D eigenvalue weighted by atomic mass is 10.2. The highest BCUT2D eigenvalue weighted by molar-refractivity contribution is 7.21. The number of piperazine rings is 1. The summed E-state index contributed by atoms with van der Waals surface area (Å²) in [4.78, 5) is 19.0. The molecule has 3 aromatic rings. The number of carbonyl (C=O) groups is 1. The molecule has 1 saturated heterocycles. The standard InChI is InChI=1S/C17H17N3O2S/c1-11-10-18-8-9-20(11)17(21)14-7-6-13(22-14)16-19-12-4-2-3-5-15(12)23-16/h2-7,11,18H,8-10H2,1H3. The maximum atomic E-state index is 12.6. The van der Waals surface area contributed by atoms with Crippen molar-refractivity contribution >= 4 is 27.5 Å². The zero-order valence-electron chi connectivity index (χ0n) is 12.8. The van der Waals surface area contributed by atoms with Crippen LogP contribution in [0, 0.1) is 0 Å². The number of carbonyl (C=O) groups excluding carboxylic acids is 1. The van der Waals surface area contributed by atoms with Crippen molar-refractivity contribution in [3.63, 3.8) is 0 Å². The second-order valence-electron chi connectivity index (χ2n) is 5.70. The van der Waals surface area contributed by atoms with Crippen LogP contribution in [0.5, 0.6) is 0 Å². The summed E-state index contributed by atoms with van der Waals surface area (Å²) < 4.78 is 6.91. The van der Waals surface area contributed by atoms with Crippen molar-refractivity contribution in [1.29, 1.82) is 0 Å². The number of para-hydroxylation sites is 1. The number of hydrogen-bond donors (Lipinski definition) is 1. The largest absolute Gasteiger partial charge is 0.448 e. The van der Waals surface area contributed by atoms with E-state index in [9.17, 15) is 4.79 Å². The van der Waals surface area contributed by atoms with Crippen LogP contribution in [0.1, 0.15) is 17.5 Å². The van der Waals surface area contributed by atoms with Crippen molar-refractivity contribution in [2.24, 2.45) is 0 Å². The molecule has 1 unspecified atom stereocenters. The lowest BCUT2D eigenvalue weighted by Crippen LogP contribution is -2.52. The number of furan rings is 1. The summed E-state index contributed by atoms with van der Waals surface area (Å²) in [5.41, 5.74) is 0.951.